The van der Waals surface area contributed by atoms with Crippen molar-refractivity contribution >= 4 is 5.91 Å². The Morgan fingerprint density at radius 3 is 2.76 bits per heavy atom. The lowest BCUT2D eigenvalue weighted by Gasteiger charge is -2.29. The molecule has 0 saturated carbocycles. The molecule has 0 spiro atoms. The van der Waals surface area contributed by atoms with Crippen LogP contribution in [-0.4, -0.2) is 28.6 Å². The van der Waals surface area contributed by atoms with E-state index < -0.39 is 11.5 Å². The number of oxazole rings is 1. The molecule has 1 unspecified atom stereocenters. The number of carbonyl (C=O) groups is 1. The molecule has 0 saturated heterocycles. The molecule has 5 nitrogen and oxygen atoms in total. The molecule has 1 aromatic rings. The predicted molar refractivity (Wildman–Crippen MR) is 100.0 cm³/mol. The quantitative estimate of drug-likeness (QED) is 0.532. The van der Waals surface area contributed by atoms with Crippen LogP contribution in [0.5, 0.6) is 0 Å². The van der Waals surface area contributed by atoms with Gasteiger partial charge in [0.1, 0.15) is 5.76 Å². The number of allylic oxidation sites excluding steroid dienone is 5. The summed E-state index contributed by atoms with van der Waals surface area (Å²) in [5, 5.41) is 13.2. The van der Waals surface area contributed by atoms with E-state index in [1.54, 1.807) is 39.1 Å². The van der Waals surface area contributed by atoms with Crippen molar-refractivity contribution in [1.82, 2.24) is 10.3 Å². The van der Waals surface area contributed by atoms with Gasteiger partial charge in [-0.2, -0.15) is 0 Å². The standard InChI is InChI=1S/C20H28N2O3/c1-6-13-21-19(24)20(4,5)18(23)15(2)11-9-7-8-10-12-17-14-22-16(3)25-17/h6-11,14,18,23H,1,12-13H2,2-5H3,(H,21,24)/b9-7-,10-8+,15-11-. The summed E-state index contributed by atoms with van der Waals surface area (Å²) in [7, 11) is 0. The van der Waals surface area contributed by atoms with Crippen molar-refractivity contribution in [1.29, 1.82) is 0 Å². The molecule has 5 heteroatoms. The number of nitrogens with one attached hydrogen (secondary N) is 1. The molecule has 2 N–H and O–H groups in total. The average Bonchev–Trinajstić information content (AvgIpc) is 2.99. The first kappa shape index (κ1) is 20.6. The van der Waals surface area contributed by atoms with E-state index in [2.05, 4.69) is 16.9 Å². The van der Waals surface area contributed by atoms with Crippen LogP contribution in [0.1, 0.15) is 32.4 Å². The highest BCUT2D eigenvalue weighted by molar-refractivity contribution is 5.83. The molecule has 1 heterocycles. The summed E-state index contributed by atoms with van der Waals surface area (Å²) in [6.07, 6.45) is 12.5. The fourth-order valence-electron chi connectivity index (χ4n) is 2.21. The Bertz CT molecular complexity index is 666. The first-order chi connectivity index (χ1) is 11.8. The number of carbonyl (C=O) groups excluding carboxylic acids is 1. The molecule has 1 rings (SSSR count). The van der Waals surface area contributed by atoms with Crippen molar-refractivity contribution in [3.05, 3.63) is 66.5 Å². The molecule has 25 heavy (non-hydrogen) atoms. The summed E-state index contributed by atoms with van der Waals surface area (Å²) >= 11 is 0. The van der Waals surface area contributed by atoms with Gasteiger partial charge in [-0.15, -0.1) is 6.58 Å². The van der Waals surface area contributed by atoms with Crippen LogP contribution in [-0.2, 0) is 11.2 Å². The molecule has 1 amide bonds. The van der Waals surface area contributed by atoms with E-state index in [4.69, 9.17) is 4.42 Å². The van der Waals surface area contributed by atoms with Crippen molar-refractivity contribution in [2.24, 2.45) is 5.41 Å². The maximum atomic E-state index is 12.1. The molecular formula is C20H28N2O3. The Balaban J connectivity index is 2.57. The van der Waals surface area contributed by atoms with Crippen LogP contribution in [0.2, 0.25) is 0 Å². The third-order valence-corrected chi connectivity index (χ3v) is 3.81. The lowest BCUT2D eigenvalue weighted by Crippen LogP contribution is -2.45. The van der Waals surface area contributed by atoms with Gasteiger partial charge in [-0.3, -0.25) is 4.79 Å². The second-order valence-electron chi connectivity index (χ2n) is 6.40. The number of aliphatic hydroxyl groups excluding tert-OH is 1. The summed E-state index contributed by atoms with van der Waals surface area (Å²) in [5.74, 6) is 1.27. The largest absolute Gasteiger partial charge is 0.446 e. The molecular weight excluding hydrogens is 316 g/mol. The average molecular weight is 344 g/mol. The van der Waals surface area contributed by atoms with Gasteiger partial charge >= 0.3 is 0 Å². The fraction of sp³-hybridized carbons (Fsp3) is 0.400. The highest BCUT2D eigenvalue weighted by Gasteiger charge is 2.36. The Morgan fingerprint density at radius 2 is 2.16 bits per heavy atom. The number of hydrogen-bond acceptors (Lipinski definition) is 4. The van der Waals surface area contributed by atoms with Gasteiger partial charge in [0, 0.05) is 19.9 Å². The van der Waals surface area contributed by atoms with Gasteiger partial charge in [0.15, 0.2) is 5.89 Å². The highest BCUT2D eigenvalue weighted by atomic mass is 16.3. The number of aliphatic hydroxyl groups is 1. The zero-order chi connectivity index (χ0) is 18.9. The number of amides is 1. The Hall–Kier alpha value is -2.40. The third-order valence-electron chi connectivity index (χ3n) is 3.81. The van der Waals surface area contributed by atoms with E-state index in [0.717, 1.165) is 5.76 Å². The van der Waals surface area contributed by atoms with Gasteiger partial charge in [-0.25, -0.2) is 4.98 Å². The van der Waals surface area contributed by atoms with Crippen molar-refractivity contribution < 1.29 is 14.3 Å². The Labute approximate surface area is 149 Å². The molecule has 0 radical (unpaired) electrons. The molecule has 136 valence electrons. The van der Waals surface area contributed by atoms with Gasteiger partial charge in [0.25, 0.3) is 0 Å². The summed E-state index contributed by atoms with van der Waals surface area (Å²) in [6, 6.07) is 0. The number of aromatic nitrogens is 1. The molecule has 0 aliphatic heterocycles. The van der Waals surface area contributed by atoms with E-state index >= 15 is 0 Å². The van der Waals surface area contributed by atoms with E-state index in [9.17, 15) is 9.90 Å². The second-order valence-corrected chi connectivity index (χ2v) is 6.40. The number of nitrogens with zero attached hydrogens (tertiary/aromatic N) is 1. The topological polar surface area (TPSA) is 75.4 Å². The molecule has 0 aromatic carbocycles. The van der Waals surface area contributed by atoms with Gasteiger partial charge in [0.2, 0.25) is 5.91 Å². The van der Waals surface area contributed by atoms with Crippen LogP contribution in [0.4, 0.5) is 0 Å². The van der Waals surface area contributed by atoms with E-state index in [-0.39, 0.29) is 5.91 Å². The predicted octanol–water partition coefficient (Wildman–Crippen LogP) is 3.27. The van der Waals surface area contributed by atoms with Crippen molar-refractivity contribution in [2.45, 2.75) is 40.2 Å². The third kappa shape index (κ3) is 6.55. The van der Waals surface area contributed by atoms with Gasteiger partial charge in [-0.05, 0) is 26.3 Å². The first-order valence-electron chi connectivity index (χ1n) is 8.27. The monoisotopic (exact) mass is 344 g/mol. The highest BCUT2D eigenvalue weighted by Crippen LogP contribution is 2.26. The molecule has 0 aliphatic rings. The maximum Gasteiger partial charge on any atom is 0.228 e. The summed E-state index contributed by atoms with van der Waals surface area (Å²) < 4.78 is 5.37. The molecule has 0 bridgehead atoms. The van der Waals surface area contributed by atoms with Gasteiger partial charge < -0.3 is 14.8 Å². The Morgan fingerprint density at radius 1 is 1.44 bits per heavy atom. The molecule has 0 fully saturated rings. The normalized spacial score (nSPS) is 14.2. The lowest BCUT2D eigenvalue weighted by atomic mass is 9.81. The number of hydrogen-bond donors (Lipinski definition) is 2. The zero-order valence-electron chi connectivity index (χ0n) is 15.5. The SMILES string of the molecule is C=CCNC(=O)C(C)(C)C(O)\C(C)=C/C=C\C=C\Cc1cnc(C)o1. The lowest BCUT2D eigenvalue weighted by molar-refractivity contribution is -0.133. The van der Waals surface area contributed by atoms with Crippen LogP contribution < -0.4 is 5.32 Å². The van der Waals surface area contributed by atoms with Crippen LogP contribution in [0.3, 0.4) is 0 Å². The van der Waals surface area contributed by atoms with Crippen molar-refractivity contribution in [2.75, 3.05) is 6.54 Å². The molecule has 0 aliphatic carbocycles. The Kier molecular flexibility index (Phi) is 8.08. The van der Waals surface area contributed by atoms with Crippen LogP contribution in [0.25, 0.3) is 0 Å². The number of rotatable bonds is 9. The van der Waals surface area contributed by atoms with E-state index in [1.807, 2.05) is 31.2 Å². The molecule has 1 aromatic heterocycles. The van der Waals surface area contributed by atoms with Gasteiger partial charge in [-0.1, -0.05) is 36.5 Å². The van der Waals surface area contributed by atoms with Crippen LogP contribution in [0.15, 0.2) is 59.2 Å². The van der Waals surface area contributed by atoms with Crippen LogP contribution >= 0.6 is 0 Å². The maximum absolute atomic E-state index is 12.1. The summed E-state index contributed by atoms with van der Waals surface area (Å²) in [5.41, 5.74) is -0.202. The summed E-state index contributed by atoms with van der Waals surface area (Å²) in [4.78, 5) is 16.2. The van der Waals surface area contributed by atoms with E-state index in [0.29, 0.717) is 24.4 Å². The zero-order valence-corrected chi connectivity index (χ0v) is 15.5. The molecule has 1 atom stereocenters. The minimum absolute atomic E-state index is 0.209. The number of aryl methyl sites for hydroxylation is 1. The smallest absolute Gasteiger partial charge is 0.228 e. The fourth-order valence-corrected chi connectivity index (χ4v) is 2.21. The first-order valence-corrected chi connectivity index (χ1v) is 8.27. The van der Waals surface area contributed by atoms with Crippen molar-refractivity contribution in [3.8, 4) is 0 Å². The minimum Gasteiger partial charge on any atom is -0.446 e. The van der Waals surface area contributed by atoms with Crippen molar-refractivity contribution in [3.63, 3.8) is 0 Å². The second kappa shape index (κ2) is 9.79. The minimum atomic E-state index is -0.919. The summed E-state index contributed by atoms with van der Waals surface area (Å²) in [6.45, 7) is 11.0. The van der Waals surface area contributed by atoms with E-state index in [1.165, 1.54) is 0 Å². The van der Waals surface area contributed by atoms with Gasteiger partial charge in [0.05, 0.1) is 17.7 Å². The van der Waals surface area contributed by atoms with Crippen LogP contribution in [0, 0.1) is 12.3 Å².